The van der Waals surface area contributed by atoms with Crippen LogP contribution in [0.25, 0.3) is 10.8 Å². The zero-order valence-corrected chi connectivity index (χ0v) is 18.3. The number of nitrogens with zero attached hydrogens (tertiary/aromatic N) is 2. The molecule has 2 amide bonds. The van der Waals surface area contributed by atoms with Crippen LogP contribution in [0.2, 0.25) is 0 Å². The second kappa shape index (κ2) is 9.78. The summed E-state index contributed by atoms with van der Waals surface area (Å²) in [6.07, 6.45) is 3.19. The molecule has 1 aliphatic rings. The Balaban J connectivity index is 1.34. The second-order valence-electron chi connectivity index (χ2n) is 8.25. The quantitative estimate of drug-likeness (QED) is 0.534. The zero-order chi connectivity index (χ0) is 22.5. The Labute approximate surface area is 188 Å². The number of fused-ring (bicyclic) bond motifs is 1. The summed E-state index contributed by atoms with van der Waals surface area (Å²) in [5.41, 5.74) is 8.01. The minimum Gasteiger partial charge on any atom is -0.383 e. The highest BCUT2D eigenvalue weighted by atomic mass is 16.2. The van der Waals surface area contributed by atoms with Gasteiger partial charge in [-0.25, -0.2) is 4.98 Å². The number of carbonyl (C=O) groups excluding carboxylic acids is 2. The SMILES string of the molecule is C[C@@H](NCc1ccccc1)C(=O)N1CCC[C@H]1C(=O)NCc1ccc2c(N)nccc2c1. The van der Waals surface area contributed by atoms with Crippen LogP contribution in [0.5, 0.6) is 0 Å². The molecule has 7 heteroatoms. The van der Waals surface area contributed by atoms with E-state index in [9.17, 15) is 9.59 Å². The summed E-state index contributed by atoms with van der Waals surface area (Å²) >= 11 is 0. The van der Waals surface area contributed by atoms with E-state index in [-0.39, 0.29) is 17.9 Å². The van der Waals surface area contributed by atoms with Gasteiger partial charge in [0.2, 0.25) is 11.8 Å². The van der Waals surface area contributed by atoms with Crippen LogP contribution < -0.4 is 16.4 Å². The van der Waals surface area contributed by atoms with Gasteiger partial charge in [0.25, 0.3) is 0 Å². The maximum absolute atomic E-state index is 13.0. The van der Waals surface area contributed by atoms with Crippen LogP contribution in [-0.2, 0) is 22.7 Å². The molecule has 166 valence electrons. The Hall–Kier alpha value is -3.45. The average Bonchev–Trinajstić information content (AvgIpc) is 3.31. The van der Waals surface area contributed by atoms with Crippen LogP contribution in [-0.4, -0.2) is 40.3 Å². The lowest BCUT2D eigenvalue weighted by molar-refractivity contribution is -0.139. The molecule has 1 aliphatic heterocycles. The average molecular weight is 432 g/mol. The van der Waals surface area contributed by atoms with Crippen LogP contribution >= 0.6 is 0 Å². The first-order valence-electron chi connectivity index (χ1n) is 11.0. The molecule has 0 saturated carbocycles. The third kappa shape index (κ3) is 4.89. The van der Waals surface area contributed by atoms with E-state index in [1.807, 2.05) is 61.5 Å². The smallest absolute Gasteiger partial charge is 0.243 e. The normalized spacial score (nSPS) is 16.8. The summed E-state index contributed by atoms with van der Waals surface area (Å²) < 4.78 is 0. The van der Waals surface area contributed by atoms with Crippen LogP contribution in [0, 0.1) is 0 Å². The van der Waals surface area contributed by atoms with Crippen molar-refractivity contribution in [1.29, 1.82) is 0 Å². The van der Waals surface area contributed by atoms with Crippen LogP contribution in [0.3, 0.4) is 0 Å². The maximum Gasteiger partial charge on any atom is 0.243 e. The van der Waals surface area contributed by atoms with Gasteiger partial charge in [-0.1, -0.05) is 42.5 Å². The number of rotatable bonds is 7. The van der Waals surface area contributed by atoms with E-state index < -0.39 is 6.04 Å². The van der Waals surface area contributed by atoms with Crippen molar-refractivity contribution >= 4 is 28.4 Å². The lowest BCUT2D eigenvalue weighted by Crippen LogP contribution is -2.51. The summed E-state index contributed by atoms with van der Waals surface area (Å²) in [6.45, 7) is 3.47. The van der Waals surface area contributed by atoms with Crippen LogP contribution in [0.1, 0.15) is 30.9 Å². The van der Waals surface area contributed by atoms with Crippen LogP contribution in [0.4, 0.5) is 5.82 Å². The van der Waals surface area contributed by atoms with E-state index in [0.29, 0.717) is 31.9 Å². The number of pyridine rings is 1. The Morgan fingerprint density at radius 1 is 1.12 bits per heavy atom. The number of likely N-dealkylation sites (tertiary alicyclic amines) is 1. The largest absolute Gasteiger partial charge is 0.383 e. The monoisotopic (exact) mass is 431 g/mol. The van der Waals surface area contributed by atoms with Gasteiger partial charge in [-0.3, -0.25) is 9.59 Å². The molecule has 7 nitrogen and oxygen atoms in total. The molecule has 1 aromatic heterocycles. The Morgan fingerprint density at radius 2 is 1.94 bits per heavy atom. The number of benzene rings is 2. The number of anilines is 1. The molecule has 32 heavy (non-hydrogen) atoms. The van der Waals surface area contributed by atoms with Crippen molar-refractivity contribution < 1.29 is 9.59 Å². The number of amides is 2. The van der Waals surface area contributed by atoms with Gasteiger partial charge in [-0.2, -0.15) is 0 Å². The molecular formula is C25H29N5O2. The van der Waals surface area contributed by atoms with Gasteiger partial charge in [0.15, 0.2) is 0 Å². The fourth-order valence-electron chi connectivity index (χ4n) is 4.17. The molecular weight excluding hydrogens is 402 g/mol. The number of aromatic nitrogens is 1. The van der Waals surface area contributed by atoms with E-state index in [4.69, 9.17) is 5.73 Å². The fraction of sp³-hybridized carbons (Fsp3) is 0.320. The Kier molecular flexibility index (Phi) is 6.66. The maximum atomic E-state index is 13.0. The lowest BCUT2D eigenvalue weighted by Gasteiger charge is -2.27. The van der Waals surface area contributed by atoms with E-state index in [1.54, 1.807) is 11.1 Å². The minimum absolute atomic E-state index is 0.0349. The summed E-state index contributed by atoms with van der Waals surface area (Å²) in [7, 11) is 0. The standard InChI is InChI=1S/C25H29N5O2/c1-17(28-15-18-6-3-2-4-7-18)25(32)30-13-5-8-22(30)24(31)29-16-19-9-10-21-20(14-19)11-12-27-23(21)26/h2-4,6-7,9-12,14,17,22,28H,5,8,13,15-16H2,1H3,(H2,26,27)(H,29,31)/t17-,22+/m1/s1. The van der Waals surface area contributed by atoms with Gasteiger partial charge in [-0.05, 0) is 48.4 Å². The third-order valence-electron chi connectivity index (χ3n) is 5.99. The summed E-state index contributed by atoms with van der Waals surface area (Å²) in [4.78, 5) is 31.7. The molecule has 0 unspecified atom stereocenters. The fourth-order valence-corrected chi connectivity index (χ4v) is 4.17. The van der Waals surface area contributed by atoms with Crippen LogP contribution in [0.15, 0.2) is 60.8 Å². The molecule has 0 radical (unpaired) electrons. The first-order chi connectivity index (χ1) is 15.5. The highest BCUT2D eigenvalue weighted by Gasteiger charge is 2.35. The molecule has 2 aromatic carbocycles. The number of hydrogen-bond acceptors (Lipinski definition) is 5. The highest BCUT2D eigenvalue weighted by molar-refractivity contribution is 5.92. The van der Waals surface area contributed by atoms with E-state index in [2.05, 4.69) is 15.6 Å². The molecule has 4 N–H and O–H groups in total. The van der Waals surface area contributed by atoms with E-state index in [1.165, 1.54) is 0 Å². The molecule has 1 fully saturated rings. The second-order valence-corrected chi connectivity index (χ2v) is 8.25. The van der Waals surface area contributed by atoms with Gasteiger partial charge in [0.1, 0.15) is 11.9 Å². The van der Waals surface area contributed by atoms with Gasteiger partial charge in [0, 0.05) is 31.2 Å². The van der Waals surface area contributed by atoms with Crippen molar-refractivity contribution in [2.24, 2.45) is 0 Å². The number of nitrogen functional groups attached to an aromatic ring is 1. The van der Waals surface area contributed by atoms with Gasteiger partial charge >= 0.3 is 0 Å². The van der Waals surface area contributed by atoms with Gasteiger partial charge in [-0.15, -0.1) is 0 Å². The molecule has 0 bridgehead atoms. The molecule has 1 saturated heterocycles. The third-order valence-corrected chi connectivity index (χ3v) is 5.99. The summed E-state index contributed by atoms with van der Waals surface area (Å²) in [6, 6.07) is 16.9. The predicted octanol–water partition coefficient (Wildman–Crippen LogP) is 2.60. The van der Waals surface area contributed by atoms with Crippen molar-refractivity contribution in [2.75, 3.05) is 12.3 Å². The van der Waals surface area contributed by atoms with Crippen molar-refractivity contribution in [3.63, 3.8) is 0 Å². The van der Waals surface area contributed by atoms with E-state index >= 15 is 0 Å². The van der Waals surface area contributed by atoms with E-state index in [0.717, 1.165) is 28.3 Å². The number of carbonyl (C=O) groups is 2. The number of nitrogens with two attached hydrogens (primary N) is 1. The van der Waals surface area contributed by atoms with Crippen molar-refractivity contribution in [2.45, 2.75) is 44.9 Å². The molecule has 0 spiro atoms. The molecule has 0 aliphatic carbocycles. The molecule has 2 heterocycles. The van der Waals surface area contributed by atoms with Crippen molar-refractivity contribution in [3.05, 3.63) is 71.9 Å². The van der Waals surface area contributed by atoms with Crippen molar-refractivity contribution in [1.82, 2.24) is 20.5 Å². The topological polar surface area (TPSA) is 100 Å². The minimum atomic E-state index is -0.427. The highest BCUT2D eigenvalue weighted by Crippen LogP contribution is 2.21. The van der Waals surface area contributed by atoms with Gasteiger partial charge in [0.05, 0.1) is 6.04 Å². The van der Waals surface area contributed by atoms with Gasteiger partial charge < -0.3 is 21.3 Å². The Morgan fingerprint density at radius 3 is 2.75 bits per heavy atom. The molecule has 3 aromatic rings. The summed E-state index contributed by atoms with van der Waals surface area (Å²) in [5.74, 6) is 0.348. The predicted molar refractivity (Wildman–Crippen MR) is 125 cm³/mol. The molecule has 4 rings (SSSR count). The lowest BCUT2D eigenvalue weighted by atomic mass is 10.1. The number of nitrogens with one attached hydrogen (secondary N) is 2. The first kappa shape index (κ1) is 21.8. The molecule has 2 atom stereocenters. The first-order valence-corrected chi connectivity index (χ1v) is 11.0. The Bertz CT molecular complexity index is 1100. The summed E-state index contributed by atoms with van der Waals surface area (Å²) in [5, 5.41) is 8.16. The van der Waals surface area contributed by atoms with Crippen molar-refractivity contribution in [3.8, 4) is 0 Å². The zero-order valence-electron chi connectivity index (χ0n) is 18.3. The number of hydrogen-bond donors (Lipinski definition) is 3.